The van der Waals surface area contributed by atoms with Gasteiger partial charge in [-0.05, 0) is 104 Å². The third-order valence-corrected chi connectivity index (χ3v) is 10.6. The van der Waals surface area contributed by atoms with Gasteiger partial charge in [0.25, 0.3) is 0 Å². The molecule has 29 heavy (non-hydrogen) atoms. The first-order valence-corrected chi connectivity index (χ1v) is 12.7. The van der Waals surface area contributed by atoms with E-state index >= 15 is 0 Å². The largest absolute Gasteiger partial charge is 0.393 e. The number of fused-ring (bicyclic) bond motifs is 5. The van der Waals surface area contributed by atoms with Gasteiger partial charge in [0.1, 0.15) is 0 Å². The van der Waals surface area contributed by atoms with Gasteiger partial charge in [-0.3, -0.25) is 0 Å². The van der Waals surface area contributed by atoms with Gasteiger partial charge < -0.3 is 5.11 Å². The SMILES string of the molecule is CC(C)C(C)C=C[C@@H](C)[C@H]1CC[C@H]2[C@@H]3CC=C4C[C@@H](O)CC[C@]4(C)[C@H]3CC[C@]12C. The van der Waals surface area contributed by atoms with Gasteiger partial charge in [-0.1, -0.05) is 65.3 Å². The molecule has 0 aromatic carbocycles. The Morgan fingerprint density at radius 3 is 2.45 bits per heavy atom. The lowest BCUT2D eigenvalue weighted by atomic mass is 9.47. The van der Waals surface area contributed by atoms with E-state index in [0.29, 0.717) is 22.7 Å². The van der Waals surface area contributed by atoms with Crippen LogP contribution in [0.2, 0.25) is 0 Å². The standard InChI is InChI=1S/C28H46O/c1-18(2)19(3)7-8-20(4)24-11-12-25-23-10-9-21-17-22(29)13-15-27(21,5)26(23)14-16-28(24,25)6/h7-9,18-20,22-26,29H,10-17H2,1-6H3/t19?,20-,22+,23+,24-,25+,26+,27+,28-/m1/s1. The van der Waals surface area contributed by atoms with Gasteiger partial charge in [0.15, 0.2) is 0 Å². The number of rotatable bonds is 4. The van der Waals surface area contributed by atoms with E-state index in [1.54, 1.807) is 5.57 Å². The summed E-state index contributed by atoms with van der Waals surface area (Å²) in [6.07, 6.45) is 17.7. The van der Waals surface area contributed by atoms with Gasteiger partial charge in [-0.2, -0.15) is 0 Å². The first-order valence-electron chi connectivity index (χ1n) is 12.7. The Balaban J connectivity index is 1.53. The minimum atomic E-state index is -0.0866. The molecule has 0 heterocycles. The van der Waals surface area contributed by atoms with Crippen molar-refractivity contribution in [2.75, 3.05) is 0 Å². The zero-order valence-corrected chi connectivity index (χ0v) is 20.0. The Hall–Kier alpha value is -0.560. The summed E-state index contributed by atoms with van der Waals surface area (Å²) in [4.78, 5) is 0. The van der Waals surface area contributed by atoms with Crippen molar-refractivity contribution < 1.29 is 5.11 Å². The molecule has 0 spiro atoms. The molecule has 0 aromatic rings. The highest BCUT2D eigenvalue weighted by molar-refractivity contribution is 5.25. The third kappa shape index (κ3) is 3.58. The fraction of sp³-hybridized carbons (Fsp3) is 0.857. The van der Waals surface area contributed by atoms with E-state index in [2.05, 4.69) is 59.8 Å². The van der Waals surface area contributed by atoms with E-state index in [4.69, 9.17) is 0 Å². The molecule has 0 aromatic heterocycles. The average molecular weight is 399 g/mol. The molecule has 0 bridgehead atoms. The molecule has 3 fully saturated rings. The molecule has 0 radical (unpaired) electrons. The number of allylic oxidation sites excluding steroid dienone is 3. The number of hydrogen-bond donors (Lipinski definition) is 1. The van der Waals surface area contributed by atoms with Crippen molar-refractivity contribution in [1.82, 2.24) is 0 Å². The number of aliphatic hydroxyl groups excluding tert-OH is 1. The Labute approximate surface area is 180 Å². The van der Waals surface area contributed by atoms with Crippen LogP contribution in [0.4, 0.5) is 0 Å². The maximum atomic E-state index is 10.2. The summed E-state index contributed by atoms with van der Waals surface area (Å²) < 4.78 is 0. The first kappa shape index (κ1) is 21.7. The van der Waals surface area contributed by atoms with Crippen molar-refractivity contribution in [3.8, 4) is 0 Å². The second-order valence-electron chi connectivity index (χ2n) is 12.2. The molecule has 0 saturated heterocycles. The van der Waals surface area contributed by atoms with Gasteiger partial charge in [-0.25, -0.2) is 0 Å². The molecule has 0 amide bonds. The minimum Gasteiger partial charge on any atom is -0.393 e. The van der Waals surface area contributed by atoms with Crippen LogP contribution in [0.5, 0.6) is 0 Å². The lowest BCUT2D eigenvalue weighted by Gasteiger charge is -2.58. The highest BCUT2D eigenvalue weighted by Gasteiger charge is 2.58. The van der Waals surface area contributed by atoms with Gasteiger partial charge in [0.2, 0.25) is 0 Å². The monoisotopic (exact) mass is 398 g/mol. The van der Waals surface area contributed by atoms with Crippen molar-refractivity contribution in [1.29, 1.82) is 0 Å². The zero-order chi connectivity index (χ0) is 21.0. The lowest BCUT2D eigenvalue weighted by molar-refractivity contribution is -0.0540. The van der Waals surface area contributed by atoms with Crippen molar-refractivity contribution in [2.45, 2.75) is 99.0 Å². The second-order valence-corrected chi connectivity index (χ2v) is 12.2. The quantitative estimate of drug-likeness (QED) is 0.489. The number of hydrogen-bond acceptors (Lipinski definition) is 1. The molecule has 3 saturated carbocycles. The Morgan fingerprint density at radius 2 is 1.72 bits per heavy atom. The average Bonchev–Trinajstić information content (AvgIpc) is 3.03. The van der Waals surface area contributed by atoms with Gasteiger partial charge in [0, 0.05) is 0 Å². The summed E-state index contributed by atoms with van der Waals surface area (Å²) in [7, 11) is 0. The van der Waals surface area contributed by atoms with Crippen molar-refractivity contribution in [3.05, 3.63) is 23.8 Å². The first-order chi connectivity index (χ1) is 13.7. The Bertz CT molecular complexity index is 659. The summed E-state index contributed by atoms with van der Waals surface area (Å²) in [5.74, 6) is 5.63. The Kier molecular flexibility index (Phi) is 5.86. The molecule has 1 heteroatoms. The summed E-state index contributed by atoms with van der Waals surface area (Å²) in [6.45, 7) is 14.7. The maximum absolute atomic E-state index is 10.2. The van der Waals surface area contributed by atoms with E-state index in [1.807, 2.05) is 0 Å². The second kappa shape index (κ2) is 7.85. The van der Waals surface area contributed by atoms with Crippen molar-refractivity contribution in [3.63, 3.8) is 0 Å². The summed E-state index contributed by atoms with van der Waals surface area (Å²) >= 11 is 0. The van der Waals surface area contributed by atoms with Gasteiger partial charge >= 0.3 is 0 Å². The minimum absolute atomic E-state index is 0.0866. The molecule has 164 valence electrons. The maximum Gasteiger partial charge on any atom is 0.0577 e. The third-order valence-electron chi connectivity index (χ3n) is 10.6. The highest BCUT2D eigenvalue weighted by atomic mass is 16.3. The summed E-state index contributed by atoms with van der Waals surface area (Å²) in [5.41, 5.74) is 2.51. The molecular formula is C28H46O. The van der Waals surface area contributed by atoms with Crippen LogP contribution in [0.25, 0.3) is 0 Å². The van der Waals surface area contributed by atoms with E-state index in [9.17, 15) is 5.11 Å². The molecule has 1 unspecified atom stereocenters. The van der Waals surface area contributed by atoms with E-state index in [0.717, 1.165) is 42.4 Å². The fourth-order valence-corrected chi connectivity index (χ4v) is 8.25. The molecule has 1 nitrogen and oxygen atoms in total. The molecule has 9 atom stereocenters. The van der Waals surface area contributed by atoms with Gasteiger partial charge in [-0.15, -0.1) is 0 Å². The predicted molar refractivity (Wildman–Crippen MR) is 124 cm³/mol. The van der Waals surface area contributed by atoms with Crippen molar-refractivity contribution in [2.24, 2.45) is 52.3 Å². The molecular weight excluding hydrogens is 352 g/mol. The fourth-order valence-electron chi connectivity index (χ4n) is 8.25. The predicted octanol–water partition coefficient (Wildman–Crippen LogP) is 7.41. The highest BCUT2D eigenvalue weighted by Crippen LogP contribution is 2.67. The summed E-state index contributed by atoms with van der Waals surface area (Å²) in [5, 5.41) is 10.2. The van der Waals surface area contributed by atoms with Crippen LogP contribution in [0.15, 0.2) is 23.8 Å². The van der Waals surface area contributed by atoms with Crippen LogP contribution >= 0.6 is 0 Å². The van der Waals surface area contributed by atoms with Gasteiger partial charge in [0.05, 0.1) is 6.10 Å². The smallest absolute Gasteiger partial charge is 0.0577 e. The topological polar surface area (TPSA) is 20.2 Å². The van der Waals surface area contributed by atoms with E-state index < -0.39 is 0 Å². The number of aliphatic hydroxyl groups is 1. The molecule has 4 aliphatic rings. The zero-order valence-electron chi connectivity index (χ0n) is 20.0. The molecule has 1 N–H and O–H groups in total. The van der Waals surface area contributed by atoms with E-state index in [-0.39, 0.29) is 6.10 Å². The Morgan fingerprint density at radius 1 is 0.966 bits per heavy atom. The summed E-state index contributed by atoms with van der Waals surface area (Å²) in [6, 6.07) is 0. The molecule has 4 aliphatic carbocycles. The molecule has 4 rings (SSSR count). The van der Waals surface area contributed by atoms with E-state index in [1.165, 1.54) is 38.5 Å². The lowest BCUT2D eigenvalue weighted by Crippen LogP contribution is -2.50. The van der Waals surface area contributed by atoms with Crippen LogP contribution in [-0.4, -0.2) is 11.2 Å². The van der Waals surface area contributed by atoms with Crippen LogP contribution in [0.1, 0.15) is 92.9 Å². The molecule has 0 aliphatic heterocycles. The van der Waals surface area contributed by atoms with Crippen LogP contribution in [-0.2, 0) is 0 Å². The van der Waals surface area contributed by atoms with Crippen LogP contribution in [0, 0.1) is 52.3 Å². The normalized spacial score (nSPS) is 46.8. The van der Waals surface area contributed by atoms with Crippen molar-refractivity contribution >= 4 is 0 Å². The van der Waals surface area contributed by atoms with Crippen LogP contribution in [0.3, 0.4) is 0 Å². The van der Waals surface area contributed by atoms with Crippen LogP contribution < -0.4 is 0 Å².